The van der Waals surface area contributed by atoms with Crippen LogP contribution in [0, 0.1) is 0 Å². The molecule has 0 aromatic rings. The first-order chi connectivity index (χ1) is 3.55. The molecule has 6 heteroatoms. The molecule has 0 fully saturated rings. The van der Waals surface area contributed by atoms with Gasteiger partial charge in [-0.05, 0) is 6.92 Å². The van der Waals surface area contributed by atoms with Crippen molar-refractivity contribution in [3.63, 3.8) is 0 Å². The van der Waals surface area contributed by atoms with Crippen LogP contribution in [0.25, 0.3) is 0 Å². The molecule has 0 aliphatic heterocycles. The number of hydrogen-bond acceptors (Lipinski definition) is 3. The van der Waals surface area contributed by atoms with Gasteiger partial charge >= 0.3 is 40.6 Å². The van der Waals surface area contributed by atoms with E-state index >= 15 is 0 Å². The van der Waals surface area contributed by atoms with E-state index in [1.165, 1.54) is 0 Å². The Morgan fingerprint density at radius 3 is 2.11 bits per heavy atom. The van der Waals surface area contributed by atoms with Crippen molar-refractivity contribution >= 4 is 16.9 Å². The zero-order valence-electron chi connectivity index (χ0n) is 5.25. The maximum atomic E-state index is 10.0. The number of aliphatic hydroxyl groups excluding tert-OH is 1. The Hall–Kier alpha value is 0.740. The van der Waals surface area contributed by atoms with Crippen LogP contribution >= 0.6 is 0 Å². The summed E-state index contributed by atoms with van der Waals surface area (Å²) < 4.78 is 16.2. The molecule has 0 heterocycles. The van der Waals surface area contributed by atoms with Gasteiger partial charge in [0.05, 0.1) is 0 Å². The van der Waals surface area contributed by atoms with Gasteiger partial charge in [-0.1, -0.05) is 0 Å². The normalized spacial score (nSPS) is 15.4. The molecule has 0 rings (SSSR count). The summed E-state index contributed by atoms with van der Waals surface area (Å²) >= 11 is -2.18. The van der Waals surface area contributed by atoms with Crippen LogP contribution in [0.5, 0.6) is 0 Å². The van der Waals surface area contributed by atoms with Crippen LogP contribution in [0.15, 0.2) is 0 Å². The Kier molecular flexibility index (Phi) is 7.62. The SMILES string of the molecule is CC(=O)C(O)S(=O)[OH2+].[Na+]. The van der Waals surface area contributed by atoms with Crippen molar-refractivity contribution in [1.82, 2.24) is 0 Å². The summed E-state index contributed by atoms with van der Waals surface area (Å²) in [5.74, 6) is -0.640. The molecule has 4 nitrogen and oxygen atoms in total. The van der Waals surface area contributed by atoms with E-state index in [-0.39, 0.29) is 29.6 Å². The van der Waals surface area contributed by atoms with Gasteiger partial charge in [0, 0.05) is 0 Å². The molecule has 48 valence electrons. The third kappa shape index (κ3) is 5.20. The Balaban J connectivity index is 0. The quantitative estimate of drug-likeness (QED) is 0.327. The summed E-state index contributed by atoms with van der Waals surface area (Å²) in [6.45, 7) is 1.08. The molecule has 0 bridgehead atoms. The first-order valence-electron chi connectivity index (χ1n) is 1.86. The van der Waals surface area contributed by atoms with Gasteiger partial charge < -0.3 is 9.66 Å². The summed E-state index contributed by atoms with van der Waals surface area (Å²) in [4.78, 5) is 10.0. The van der Waals surface area contributed by atoms with Crippen LogP contribution in [0.1, 0.15) is 6.92 Å². The number of carbonyl (C=O) groups excluding carboxylic acids is 1. The zero-order chi connectivity index (χ0) is 6.73. The molecular formula is C3H7NaO4S+2. The molecule has 0 spiro atoms. The molecule has 9 heavy (non-hydrogen) atoms. The van der Waals surface area contributed by atoms with Crippen molar-refractivity contribution < 1.29 is 48.2 Å². The van der Waals surface area contributed by atoms with E-state index in [0.717, 1.165) is 6.92 Å². The molecule has 0 aromatic carbocycles. The van der Waals surface area contributed by atoms with Crippen LogP contribution in [0.4, 0.5) is 0 Å². The summed E-state index contributed by atoms with van der Waals surface area (Å²) in [7, 11) is 0. The molecular weight excluding hydrogens is 155 g/mol. The minimum atomic E-state index is -2.18. The average molecular weight is 162 g/mol. The van der Waals surface area contributed by atoms with E-state index in [4.69, 9.17) is 9.66 Å². The Morgan fingerprint density at radius 2 is 2.11 bits per heavy atom. The Labute approximate surface area is 77.2 Å². The van der Waals surface area contributed by atoms with Crippen LogP contribution < -0.4 is 29.6 Å². The molecule has 0 radical (unpaired) electrons. The fraction of sp³-hybridized carbons (Fsp3) is 0.667. The number of aliphatic hydroxyl groups is 1. The summed E-state index contributed by atoms with van der Waals surface area (Å²) in [6.07, 6.45) is 0. The van der Waals surface area contributed by atoms with Gasteiger partial charge in [0.15, 0.2) is 5.78 Å². The third-order valence-corrected chi connectivity index (χ3v) is 1.29. The first-order valence-corrected chi connectivity index (χ1v) is 3.07. The molecule has 0 saturated heterocycles. The number of Topliss-reactive ketones (excluding diaryl/α,β-unsaturated/α-hetero) is 1. The van der Waals surface area contributed by atoms with Gasteiger partial charge in [-0.15, -0.1) is 0 Å². The largest absolute Gasteiger partial charge is 1.00 e. The van der Waals surface area contributed by atoms with Crippen molar-refractivity contribution in [2.75, 3.05) is 0 Å². The minimum absolute atomic E-state index is 0. The summed E-state index contributed by atoms with van der Waals surface area (Å²) in [5, 5.41) is 8.37. The second-order valence-electron chi connectivity index (χ2n) is 1.26. The Morgan fingerprint density at radius 1 is 1.78 bits per heavy atom. The van der Waals surface area contributed by atoms with E-state index in [2.05, 4.69) is 0 Å². The number of hydrogen-bond donors (Lipinski definition) is 1. The second-order valence-corrected chi connectivity index (χ2v) is 2.30. The van der Waals surface area contributed by atoms with Crippen LogP contribution in [0.2, 0.25) is 0 Å². The van der Waals surface area contributed by atoms with Crippen LogP contribution in [-0.4, -0.2) is 25.1 Å². The van der Waals surface area contributed by atoms with Crippen LogP contribution in [0.3, 0.4) is 0 Å². The average Bonchev–Trinajstić information content (AvgIpc) is 1.64. The van der Waals surface area contributed by atoms with E-state index in [0.29, 0.717) is 0 Å². The van der Waals surface area contributed by atoms with Gasteiger partial charge in [-0.2, -0.15) is 4.21 Å². The molecule has 0 aromatic heterocycles. The van der Waals surface area contributed by atoms with Gasteiger partial charge in [0.1, 0.15) is 0 Å². The Bertz CT molecular complexity index is 111. The number of rotatable bonds is 2. The smallest absolute Gasteiger partial charge is 0.367 e. The van der Waals surface area contributed by atoms with Crippen molar-refractivity contribution in [3.8, 4) is 0 Å². The van der Waals surface area contributed by atoms with E-state index in [1.807, 2.05) is 0 Å². The van der Waals surface area contributed by atoms with Crippen molar-refractivity contribution in [1.29, 1.82) is 0 Å². The summed E-state index contributed by atoms with van der Waals surface area (Å²) in [5.41, 5.74) is -1.63. The van der Waals surface area contributed by atoms with E-state index < -0.39 is 22.3 Å². The second kappa shape index (κ2) is 5.52. The molecule has 2 unspecified atom stereocenters. The maximum absolute atomic E-state index is 10.0. The molecule has 0 saturated carbocycles. The van der Waals surface area contributed by atoms with E-state index in [1.54, 1.807) is 0 Å². The standard InChI is InChI=1S/C3H6O4S.Na/c1-2(4)3(5)8(6)7;/h3,5H,1H3,(H,6,7);/q;+1/p+1. The van der Waals surface area contributed by atoms with E-state index in [9.17, 15) is 9.00 Å². The predicted molar refractivity (Wildman–Crippen MR) is 28.4 cm³/mol. The molecule has 3 N–H and O–H groups in total. The molecule has 0 amide bonds. The van der Waals surface area contributed by atoms with Gasteiger partial charge in [0.25, 0.3) is 5.44 Å². The molecule has 2 atom stereocenters. The zero-order valence-corrected chi connectivity index (χ0v) is 8.07. The number of carbonyl (C=O) groups is 1. The fourth-order valence-electron chi connectivity index (χ4n) is 0.151. The van der Waals surface area contributed by atoms with Gasteiger partial charge in [0.2, 0.25) is 0 Å². The van der Waals surface area contributed by atoms with Gasteiger partial charge in [-0.25, -0.2) is 0 Å². The third-order valence-electron chi connectivity index (χ3n) is 0.551. The topological polar surface area (TPSA) is 77.3 Å². The minimum Gasteiger partial charge on any atom is -0.367 e. The van der Waals surface area contributed by atoms with Crippen molar-refractivity contribution in [2.45, 2.75) is 12.4 Å². The predicted octanol–water partition coefficient (Wildman–Crippen LogP) is -4.71. The molecule has 0 aliphatic rings. The van der Waals surface area contributed by atoms with Crippen molar-refractivity contribution in [3.05, 3.63) is 0 Å². The maximum Gasteiger partial charge on any atom is 1.00 e. The van der Waals surface area contributed by atoms with Crippen molar-refractivity contribution in [2.24, 2.45) is 0 Å². The monoisotopic (exact) mass is 162 g/mol. The van der Waals surface area contributed by atoms with Crippen LogP contribution in [-0.2, 0) is 15.9 Å². The fourth-order valence-corrected chi connectivity index (χ4v) is 0.452. The first kappa shape index (κ1) is 12.4. The summed E-state index contributed by atoms with van der Waals surface area (Å²) in [6, 6.07) is 0. The van der Waals surface area contributed by atoms with Gasteiger partial charge in [-0.3, -0.25) is 4.79 Å². The number of ketones is 1. The molecule has 0 aliphatic carbocycles.